The molecule has 3 rings (SSSR count). The number of anilines is 1. The van der Waals surface area contributed by atoms with Gasteiger partial charge in [-0.1, -0.05) is 13.0 Å². The number of likely N-dealkylation sites (N-methyl/N-ethyl adjacent to an activating group) is 1. The number of fused-ring (bicyclic) bond motifs is 1. The second-order valence-electron chi connectivity index (χ2n) is 4.92. The molecule has 2 heterocycles. The number of nitrogens with zero attached hydrogens (tertiary/aromatic N) is 1. The zero-order chi connectivity index (χ0) is 11.7. The summed E-state index contributed by atoms with van der Waals surface area (Å²) in [4.78, 5) is 2.44. The maximum absolute atomic E-state index is 6.05. The molecule has 17 heavy (non-hydrogen) atoms. The van der Waals surface area contributed by atoms with Crippen LogP contribution >= 0.6 is 0 Å². The number of hydrogen-bond acceptors (Lipinski definition) is 3. The van der Waals surface area contributed by atoms with Gasteiger partial charge in [0.05, 0.1) is 0 Å². The third-order valence-electron chi connectivity index (χ3n) is 3.77. The van der Waals surface area contributed by atoms with Crippen molar-refractivity contribution in [3.05, 3.63) is 23.8 Å². The van der Waals surface area contributed by atoms with Crippen LogP contribution in [0.4, 0.5) is 5.69 Å². The molecule has 3 nitrogen and oxygen atoms in total. The summed E-state index contributed by atoms with van der Waals surface area (Å²) in [6.45, 7) is 6.64. The molecule has 0 bridgehead atoms. The minimum Gasteiger partial charge on any atom is -0.489 e. The van der Waals surface area contributed by atoms with E-state index in [2.05, 4.69) is 35.3 Å². The van der Waals surface area contributed by atoms with Gasteiger partial charge in [-0.15, -0.1) is 0 Å². The van der Waals surface area contributed by atoms with Crippen LogP contribution in [0, 0.1) is 0 Å². The van der Waals surface area contributed by atoms with Gasteiger partial charge in [0.1, 0.15) is 11.9 Å². The van der Waals surface area contributed by atoms with Crippen molar-refractivity contribution in [1.82, 2.24) is 4.90 Å². The molecule has 0 aliphatic carbocycles. The van der Waals surface area contributed by atoms with Crippen molar-refractivity contribution in [2.45, 2.75) is 25.9 Å². The summed E-state index contributed by atoms with van der Waals surface area (Å²) in [7, 11) is 0. The number of rotatable bonds is 3. The molecule has 1 N–H and O–H groups in total. The third kappa shape index (κ3) is 2.25. The molecule has 0 radical (unpaired) electrons. The van der Waals surface area contributed by atoms with Crippen molar-refractivity contribution >= 4 is 5.69 Å². The zero-order valence-electron chi connectivity index (χ0n) is 10.4. The Morgan fingerprint density at radius 3 is 3.24 bits per heavy atom. The van der Waals surface area contributed by atoms with Gasteiger partial charge in [0, 0.05) is 31.4 Å². The van der Waals surface area contributed by atoms with E-state index >= 15 is 0 Å². The van der Waals surface area contributed by atoms with Crippen molar-refractivity contribution in [3.63, 3.8) is 0 Å². The smallest absolute Gasteiger partial charge is 0.121 e. The maximum atomic E-state index is 6.05. The van der Waals surface area contributed by atoms with E-state index in [1.54, 1.807) is 0 Å². The van der Waals surface area contributed by atoms with Gasteiger partial charge in [0.25, 0.3) is 0 Å². The van der Waals surface area contributed by atoms with Crippen LogP contribution in [0.5, 0.6) is 5.75 Å². The highest BCUT2D eigenvalue weighted by Gasteiger charge is 2.23. The summed E-state index contributed by atoms with van der Waals surface area (Å²) >= 11 is 0. The Morgan fingerprint density at radius 1 is 1.47 bits per heavy atom. The fourth-order valence-corrected chi connectivity index (χ4v) is 2.72. The number of hydrogen-bond donors (Lipinski definition) is 1. The van der Waals surface area contributed by atoms with Crippen LogP contribution in [0.2, 0.25) is 0 Å². The molecule has 1 aromatic rings. The van der Waals surface area contributed by atoms with Gasteiger partial charge in [0.15, 0.2) is 0 Å². The normalized spacial score (nSPS) is 23.5. The molecular formula is C14H20N2O. The lowest BCUT2D eigenvalue weighted by Crippen LogP contribution is -2.24. The molecule has 0 aromatic heterocycles. The highest BCUT2D eigenvalue weighted by Crippen LogP contribution is 2.28. The lowest BCUT2D eigenvalue weighted by atomic mass is 10.1. The fourth-order valence-electron chi connectivity index (χ4n) is 2.72. The summed E-state index contributed by atoms with van der Waals surface area (Å²) in [5, 5.41) is 3.39. The number of likely N-dealkylation sites (tertiary alicyclic amines) is 1. The largest absolute Gasteiger partial charge is 0.489 e. The van der Waals surface area contributed by atoms with E-state index in [0.29, 0.717) is 6.10 Å². The Labute approximate surface area is 103 Å². The molecule has 1 unspecified atom stereocenters. The maximum Gasteiger partial charge on any atom is 0.121 e. The first-order valence-electron chi connectivity index (χ1n) is 6.61. The van der Waals surface area contributed by atoms with Crippen LogP contribution < -0.4 is 10.1 Å². The summed E-state index contributed by atoms with van der Waals surface area (Å²) in [6.07, 6.45) is 2.66. The van der Waals surface area contributed by atoms with Crippen LogP contribution in [0.15, 0.2) is 18.2 Å². The number of nitrogens with one attached hydrogen (secondary N) is 1. The molecule has 0 amide bonds. The van der Waals surface area contributed by atoms with Crippen molar-refractivity contribution < 1.29 is 4.74 Å². The van der Waals surface area contributed by atoms with Crippen molar-refractivity contribution in [3.8, 4) is 5.75 Å². The monoisotopic (exact) mass is 232 g/mol. The molecule has 0 spiro atoms. The van der Waals surface area contributed by atoms with Gasteiger partial charge < -0.3 is 10.1 Å². The van der Waals surface area contributed by atoms with Gasteiger partial charge in [-0.2, -0.15) is 0 Å². The molecular weight excluding hydrogens is 212 g/mol. The molecule has 3 heteroatoms. The van der Waals surface area contributed by atoms with Crippen molar-refractivity contribution in [1.29, 1.82) is 0 Å². The average molecular weight is 232 g/mol. The first-order chi connectivity index (χ1) is 8.35. The summed E-state index contributed by atoms with van der Waals surface area (Å²) in [5.41, 5.74) is 2.67. The molecule has 1 fully saturated rings. The van der Waals surface area contributed by atoms with Crippen LogP contribution in [-0.2, 0) is 6.42 Å². The zero-order valence-corrected chi connectivity index (χ0v) is 10.4. The number of ether oxygens (including phenoxy) is 1. The van der Waals surface area contributed by atoms with E-state index in [-0.39, 0.29) is 0 Å². The van der Waals surface area contributed by atoms with Crippen molar-refractivity contribution in [2.75, 3.05) is 31.5 Å². The third-order valence-corrected chi connectivity index (χ3v) is 3.77. The average Bonchev–Trinajstić information content (AvgIpc) is 2.96. The standard InChI is InChI=1S/C14H20N2O/c1-2-16-8-6-13(10-16)17-12-4-3-11-5-7-15-14(11)9-12/h3-4,9,13,15H,2,5-8,10H2,1H3. The Balaban J connectivity index is 1.65. The predicted molar refractivity (Wildman–Crippen MR) is 69.8 cm³/mol. The Kier molecular flexibility index (Phi) is 2.93. The Morgan fingerprint density at radius 2 is 2.41 bits per heavy atom. The highest BCUT2D eigenvalue weighted by molar-refractivity contribution is 5.58. The van der Waals surface area contributed by atoms with Gasteiger partial charge in [-0.3, -0.25) is 4.90 Å². The SMILES string of the molecule is CCN1CCC(Oc2ccc3c(c2)NCC3)C1. The Hall–Kier alpha value is -1.22. The lowest BCUT2D eigenvalue weighted by Gasteiger charge is -2.15. The fraction of sp³-hybridized carbons (Fsp3) is 0.571. The van der Waals surface area contributed by atoms with E-state index in [1.165, 1.54) is 17.8 Å². The van der Waals surface area contributed by atoms with E-state index in [1.807, 2.05) is 0 Å². The van der Waals surface area contributed by atoms with Crippen LogP contribution in [-0.4, -0.2) is 37.2 Å². The lowest BCUT2D eigenvalue weighted by molar-refractivity contribution is 0.202. The van der Waals surface area contributed by atoms with Gasteiger partial charge in [-0.05, 0) is 31.0 Å². The molecule has 1 aromatic carbocycles. The molecule has 1 saturated heterocycles. The highest BCUT2D eigenvalue weighted by atomic mass is 16.5. The molecule has 92 valence electrons. The van der Waals surface area contributed by atoms with E-state index in [0.717, 1.165) is 38.2 Å². The predicted octanol–water partition coefficient (Wildman–Crippen LogP) is 2.13. The minimum absolute atomic E-state index is 0.370. The Bertz CT molecular complexity index is 405. The van der Waals surface area contributed by atoms with Gasteiger partial charge in [0.2, 0.25) is 0 Å². The first kappa shape index (κ1) is 10.9. The molecule has 1 atom stereocenters. The van der Waals surface area contributed by atoms with Crippen LogP contribution in [0.25, 0.3) is 0 Å². The number of benzene rings is 1. The molecule has 0 saturated carbocycles. The van der Waals surface area contributed by atoms with E-state index < -0.39 is 0 Å². The first-order valence-corrected chi connectivity index (χ1v) is 6.61. The second kappa shape index (κ2) is 4.57. The van der Waals surface area contributed by atoms with Crippen LogP contribution in [0.1, 0.15) is 18.9 Å². The summed E-state index contributed by atoms with van der Waals surface area (Å²) in [5.74, 6) is 1.01. The van der Waals surface area contributed by atoms with Gasteiger partial charge >= 0.3 is 0 Å². The van der Waals surface area contributed by atoms with Crippen molar-refractivity contribution in [2.24, 2.45) is 0 Å². The molecule has 2 aliphatic rings. The summed E-state index contributed by atoms with van der Waals surface area (Å²) < 4.78 is 6.05. The minimum atomic E-state index is 0.370. The quantitative estimate of drug-likeness (QED) is 0.864. The van der Waals surface area contributed by atoms with Crippen LogP contribution in [0.3, 0.4) is 0 Å². The van der Waals surface area contributed by atoms with Gasteiger partial charge in [-0.25, -0.2) is 0 Å². The van der Waals surface area contributed by atoms with E-state index in [4.69, 9.17) is 4.74 Å². The van der Waals surface area contributed by atoms with E-state index in [9.17, 15) is 0 Å². The summed E-state index contributed by atoms with van der Waals surface area (Å²) in [6, 6.07) is 6.45. The topological polar surface area (TPSA) is 24.5 Å². The second-order valence-corrected chi connectivity index (χ2v) is 4.92. The molecule has 2 aliphatic heterocycles.